The Morgan fingerprint density at radius 2 is 1.95 bits per heavy atom. The van der Waals surface area contributed by atoms with Crippen LogP contribution in [0.3, 0.4) is 0 Å². The summed E-state index contributed by atoms with van der Waals surface area (Å²) in [6, 6.07) is 9.37. The molecule has 120 valence electrons. The van der Waals surface area contributed by atoms with E-state index in [4.69, 9.17) is 16.7 Å². The molecule has 1 fully saturated rings. The molecule has 1 aliphatic carbocycles. The molecule has 3 N–H and O–H groups in total. The molecule has 0 bridgehead atoms. The van der Waals surface area contributed by atoms with Crippen molar-refractivity contribution in [3.05, 3.63) is 35.9 Å². The molecule has 0 saturated heterocycles. The zero-order valence-electron chi connectivity index (χ0n) is 12.2. The topological polar surface area (TPSA) is 86.6 Å². The third-order valence-corrected chi connectivity index (χ3v) is 5.11. The van der Waals surface area contributed by atoms with Crippen LogP contribution in [-0.4, -0.2) is 28.8 Å². The van der Waals surface area contributed by atoms with E-state index < -0.39 is 22.9 Å². The molecule has 1 saturated carbocycles. The number of amides is 1. The van der Waals surface area contributed by atoms with Crippen LogP contribution in [0.1, 0.15) is 36.6 Å². The zero-order valence-corrected chi connectivity index (χ0v) is 12.9. The van der Waals surface area contributed by atoms with E-state index >= 15 is 0 Å². The Kier molecular flexibility index (Phi) is 5.29. The second-order valence-corrected chi connectivity index (χ2v) is 6.25. The number of carbonyl (C=O) groups is 2. The SMILES string of the molecule is O=C(O)NC[C@@]1(C(=O)O)CCCC[C@H]1C(Cl)c1ccccc1. The van der Waals surface area contributed by atoms with Crippen LogP contribution in [-0.2, 0) is 4.79 Å². The summed E-state index contributed by atoms with van der Waals surface area (Å²) in [6.07, 6.45) is 1.57. The van der Waals surface area contributed by atoms with Gasteiger partial charge < -0.3 is 15.5 Å². The number of carboxylic acid groups (broad SMARTS) is 2. The van der Waals surface area contributed by atoms with Crippen molar-refractivity contribution in [3.8, 4) is 0 Å². The second-order valence-electron chi connectivity index (χ2n) is 5.78. The smallest absolute Gasteiger partial charge is 0.404 e. The predicted molar refractivity (Wildman–Crippen MR) is 83.1 cm³/mol. The summed E-state index contributed by atoms with van der Waals surface area (Å²) in [5.41, 5.74) is -0.282. The van der Waals surface area contributed by atoms with Crippen molar-refractivity contribution >= 4 is 23.7 Å². The van der Waals surface area contributed by atoms with Gasteiger partial charge in [0.15, 0.2) is 0 Å². The first-order valence-electron chi connectivity index (χ1n) is 7.36. The Morgan fingerprint density at radius 1 is 1.27 bits per heavy atom. The maximum atomic E-state index is 11.9. The number of halogens is 1. The van der Waals surface area contributed by atoms with E-state index in [1.165, 1.54) is 0 Å². The van der Waals surface area contributed by atoms with Crippen LogP contribution in [0.4, 0.5) is 4.79 Å². The molecule has 1 amide bonds. The van der Waals surface area contributed by atoms with Crippen LogP contribution in [0.5, 0.6) is 0 Å². The largest absolute Gasteiger partial charge is 0.481 e. The van der Waals surface area contributed by atoms with Gasteiger partial charge in [0.1, 0.15) is 0 Å². The van der Waals surface area contributed by atoms with Crippen molar-refractivity contribution < 1.29 is 19.8 Å². The van der Waals surface area contributed by atoms with Crippen LogP contribution in [0, 0.1) is 11.3 Å². The van der Waals surface area contributed by atoms with Gasteiger partial charge in [-0.25, -0.2) is 4.79 Å². The van der Waals surface area contributed by atoms with Crippen molar-refractivity contribution in [1.82, 2.24) is 5.32 Å². The summed E-state index contributed by atoms with van der Waals surface area (Å²) < 4.78 is 0. The Morgan fingerprint density at radius 3 is 2.55 bits per heavy atom. The van der Waals surface area contributed by atoms with Crippen molar-refractivity contribution in [3.63, 3.8) is 0 Å². The lowest BCUT2D eigenvalue weighted by atomic mass is 9.64. The first-order chi connectivity index (χ1) is 10.5. The molecule has 0 aliphatic heterocycles. The quantitative estimate of drug-likeness (QED) is 0.723. The van der Waals surface area contributed by atoms with E-state index in [0.29, 0.717) is 12.8 Å². The molecule has 3 atom stereocenters. The van der Waals surface area contributed by atoms with Crippen LogP contribution < -0.4 is 5.32 Å². The highest BCUT2D eigenvalue weighted by atomic mass is 35.5. The van der Waals surface area contributed by atoms with E-state index in [2.05, 4.69) is 5.32 Å². The summed E-state index contributed by atoms with van der Waals surface area (Å²) in [4.78, 5) is 22.8. The highest BCUT2D eigenvalue weighted by molar-refractivity contribution is 6.21. The fourth-order valence-electron chi connectivity index (χ4n) is 3.36. The molecule has 6 heteroatoms. The lowest BCUT2D eigenvalue weighted by molar-refractivity contribution is -0.154. The van der Waals surface area contributed by atoms with Crippen LogP contribution >= 0.6 is 11.6 Å². The number of nitrogens with one attached hydrogen (secondary N) is 1. The number of rotatable bonds is 5. The van der Waals surface area contributed by atoms with Gasteiger partial charge in [-0.3, -0.25) is 4.79 Å². The number of aliphatic carboxylic acids is 1. The van der Waals surface area contributed by atoms with E-state index in [9.17, 15) is 14.7 Å². The lowest BCUT2D eigenvalue weighted by Crippen LogP contribution is -2.50. The number of carboxylic acids is 1. The number of benzene rings is 1. The summed E-state index contributed by atoms with van der Waals surface area (Å²) in [7, 11) is 0. The van der Waals surface area contributed by atoms with Gasteiger partial charge in [0, 0.05) is 6.54 Å². The fourth-order valence-corrected chi connectivity index (χ4v) is 3.87. The average molecular weight is 326 g/mol. The molecule has 5 nitrogen and oxygen atoms in total. The molecule has 1 aromatic rings. The third-order valence-electron chi connectivity index (χ3n) is 4.55. The molecule has 0 radical (unpaired) electrons. The summed E-state index contributed by atoms with van der Waals surface area (Å²) in [5.74, 6) is -1.29. The molecule has 1 unspecified atom stereocenters. The Bertz CT molecular complexity index is 536. The minimum absolute atomic E-state index is 0.113. The molecule has 2 rings (SSSR count). The molecule has 1 aliphatic rings. The monoisotopic (exact) mass is 325 g/mol. The predicted octanol–water partition coefficient (Wildman–Crippen LogP) is 3.50. The van der Waals surface area contributed by atoms with E-state index in [1.54, 1.807) is 0 Å². The number of alkyl halides is 1. The van der Waals surface area contributed by atoms with Crippen molar-refractivity contribution in [2.75, 3.05) is 6.54 Å². The Hall–Kier alpha value is -1.75. The van der Waals surface area contributed by atoms with Gasteiger partial charge in [-0.1, -0.05) is 43.2 Å². The summed E-state index contributed by atoms with van der Waals surface area (Å²) in [5, 5.41) is 20.4. The first-order valence-corrected chi connectivity index (χ1v) is 7.80. The molecule has 0 heterocycles. The van der Waals surface area contributed by atoms with Crippen molar-refractivity contribution in [2.24, 2.45) is 11.3 Å². The van der Waals surface area contributed by atoms with Crippen molar-refractivity contribution in [2.45, 2.75) is 31.1 Å². The van der Waals surface area contributed by atoms with Gasteiger partial charge >= 0.3 is 12.1 Å². The van der Waals surface area contributed by atoms with Gasteiger partial charge in [-0.15, -0.1) is 11.6 Å². The van der Waals surface area contributed by atoms with E-state index in [-0.39, 0.29) is 12.5 Å². The molecule has 0 spiro atoms. The lowest BCUT2D eigenvalue weighted by Gasteiger charge is -2.43. The number of hydrogen-bond donors (Lipinski definition) is 3. The van der Waals surface area contributed by atoms with Gasteiger partial charge in [0.25, 0.3) is 0 Å². The van der Waals surface area contributed by atoms with Gasteiger partial charge in [-0.2, -0.15) is 0 Å². The van der Waals surface area contributed by atoms with E-state index in [0.717, 1.165) is 18.4 Å². The molecule has 1 aromatic carbocycles. The third kappa shape index (κ3) is 3.35. The highest BCUT2D eigenvalue weighted by Gasteiger charge is 2.50. The van der Waals surface area contributed by atoms with E-state index in [1.807, 2.05) is 30.3 Å². The highest BCUT2D eigenvalue weighted by Crippen LogP contribution is 2.49. The van der Waals surface area contributed by atoms with Crippen LogP contribution in [0.2, 0.25) is 0 Å². The molecule has 0 aromatic heterocycles. The van der Waals surface area contributed by atoms with Crippen LogP contribution in [0.15, 0.2) is 30.3 Å². The Balaban J connectivity index is 2.31. The summed E-state index contributed by atoms with van der Waals surface area (Å²) in [6.45, 7) is -0.113. The zero-order chi connectivity index (χ0) is 16.2. The molecule has 22 heavy (non-hydrogen) atoms. The van der Waals surface area contributed by atoms with Gasteiger partial charge in [0.05, 0.1) is 10.8 Å². The molecular weight excluding hydrogens is 306 g/mol. The van der Waals surface area contributed by atoms with Gasteiger partial charge in [-0.05, 0) is 24.3 Å². The van der Waals surface area contributed by atoms with Crippen molar-refractivity contribution in [1.29, 1.82) is 0 Å². The second kappa shape index (κ2) is 7.01. The van der Waals surface area contributed by atoms with Gasteiger partial charge in [0.2, 0.25) is 0 Å². The minimum atomic E-state index is -1.21. The standard InChI is InChI=1S/C16H20ClNO4/c17-13(11-6-2-1-3-7-11)12-8-4-5-9-16(12,14(19)20)10-18-15(21)22/h1-3,6-7,12-13,18H,4-5,8-10H2,(H,19,20)(H,21,22)/t12-,13?,16-/m0/s1. The normalized spacial score (nSPS) is 26.1. The fraction of sp³-hybridized carbons (Fsp3) is 0.500. The first kappa shape index (κ1) is 16.6. The Labute approximate surface area is 134 Å². The maximum Gasteiger partial charge on any atom is 0.404 e. The maximum absolute atomic E-state index is 11.9. The average Bonchev–Trinajstić information content (AvgIpc) is 2.53. The minimum Gasteiger partial charge on any atom is -0.481 e. The number of hydrogen-bond acceptors (Lipinski definition) is 2. The van der Waals surface area contributed by atoms with Crippen LogP contribution in [0.25, 0.3) is 0 Å². The molecular formula is C16H20ClNO4. The summed E-state index contributed by atoms with van der Waals surface area (Å²) >= 11 is 6.59.